The molecule has 106 valence electrons. The third-order valence-corrected chi connectivity index (χ3v) is 2.89. The van der Waals surface area contributed by atoms with E-state index < -0.39 is 0 Å². The summed E-state index contributed by atoms with van der Waals surface area (Å²) in [6, 6.07) is 24.5. The Balaban J connectivity index is 0.000000497. The molecule has 2 nitrogen and oxygen atoms in total. The lowest BCUT2D eigenvalue weighted by Crippen LogP contribution is -1.89. The van der Waals surface area contributed by atoms with E-state index in [0.717, 1.165) is 11.3 Å². The molecule has 2 aromatic carbocycles. The fourth-order valence-corrected chi connectivity index (χ4v) is 1.97. The second-order valence-corrected chi connectivity index (χ2v) is 4.62. The molecule has 0 aliphatic rings. The van der Waals surface area contributed by atoms with Crippen LogP contribution in [0.25, 0.3) is 22.5 Å². The molecule has 3 rings (SSSR count). The summed E-state index contributed by atoms with van der Waals surface area (Å²) < 4.78 is 5.58. The smallest absolute Gasteiger partial charge is 0.323 e. The van der Waals surface area contributed by atoms with E-state index in [4.69, 9.17) is 4.42 Å². The van der Waals surface area contributed by atoms with Gasteiger partial charge in [0.25, 0.3) is 0 Å². The van der Waals surface area contributed by atoms with Gasteiger partial charge in [-0.25, -0.2) is 4.42 Å². The highest BCUT2D eigenvalue weighted by Crippen LogP contribution is 2.25. The van der Waals surface area contributed by atoms with Crippen molar-refractivity contribution < 1.29 is 4.42 Å². The highest BCUT2D eigenvalue weighted by Gasteiger charge is 2.11. The van der Waals surface area contributed by atoms with Gasteiger partial charge >= 0.3 is 12.0 Å². The van der Waals surface area contributed by atoms with E-state index in [1.165, 1.54) is 11.1 Å². The maximum absolute atomic E-state index is 5.58. The third-order valence-electron chi connectivity index (χ3n) is 2.89. The van der Waals surface area contributed by atoms with Crippen molar-refractivity contribution in [3.05, 3.63) is 79.1 Å². The first-order chi connectivity index (χ1) is 10.3. The number of hydrogen-bond acceptors (Lipinski definition) is 1. The van der Waals surface area contributed by atoms with Crippen LogP contribution in [-0.4, -0.2) is 14.1 Å². The number of hydrogen-bond donors (Lipinski definition) is 1. The summed E-state index contributed by atoms with van der Waals surface area (Å²) >= 11 is 0. The average Bonchev–Trinajstić information content (AvgIpc) is 2.57. The van der Waals surface area contributed by atoms with E-state index in [0.29, 0.717) is 0 Å². The zero-order valence-corrected chi connectivity index (χ0v) is 12.4. The van der Waals surface area contributed by atoms with Crippen LogP contribution in [0.5, 0.6) is 0 Å². The molecule has 0 bridgehead atoms. The summed E-state index contributed by atoms with van der Waals surface area (Å²) in [5.74, 6) is 0.886. The Morgan fingerprint density at radius 1 is 0.667 bits per heavy atom. The molecule has 0 spiro atoms. The van der Waals surface area contributed by atoms with Crippen molar-refractivity contribution in [3.8, 4) is 22.5 Å². The molecule has 0 aliphatic carbocycles. The van der Waals surface area contributed by atoms with E-state index in [9.17, 15) is 0 Å². The minimum Gasteiger partial charge on any atom is -0.323 e. The monoisotopic (exact) mass is 278 g/mol. The average molecular weight is 278 g/mol. The predicted molar refractivity (Wildman–Crippen MR) is 89.0 cm³/mol. The van der Waals surface area contributed by atoms with Crippen molar-refractivity contribution in [1.29, 1.82) is 0 Å². The Labute approximate surface area is 126 Å². The molecule has 2 heteroatoms. The van der Waals surface area contributed by atoms with Gasteiger partial charge in [0.05, 0.1) is 11.6 Å². The maximum atomic E-state index is 5.58. The molecule has 0 fully saturated rings. The normalized spacial score (nSPS) is 9.62. The second-order valence-electron chi connectivity index (χ2n) is 4.62. The van der Waals surface area contributed by atoms with Gasteiger partial charge < -0.3 is 5.32 Å². The quantitative estimate of drug-likeness (QED) is 0.685. The minimum atomic E-state index is 0.886. The van der Waals surface area contributed by atoms with Crippen molar-refractivity contribution in [1.82, 2.24) is 5.32 Å². The molecule has 3 aromatic rings. The molecule has 1 heterocycles. The van der Waals surface area contributed by atoms with E-state index in [-0.39, 0.29) is 0 Å². The van der Waals surface area contributed by atoms with Gasteiger partial charge in [0.15, 0.2) is 0 Å². The highest BCUT2D eigenvalue weighted by atomic mass is 16.3. The van der Waals surface area contributed by atoms with Crippen LogP contribution in [0, 0.1) is 0 Å². The lowest BCUT2D eigenvalue weighted by atomic mass is 10.0. The largest absolute Gasteiger partial charge is 0.360 e. The van der Waals surface area contributed by atoms with E-state index >= 15 is 0 Å². The molecule has 0 aliphatic heterocycles. The standard InChI is InChI=1S/C17H13O.C2H7N/c1-3-7-14(8-4-1)16-11-12-18-17(13-16)15-9-5-2-6-10-15;1-3-2/h1-13H;3H,1-2H3/q+1;. The Kier molecular flexibility index (Phi) is 5.68. The van der Waals surface area contributed by atoms with Gasteiger partial charge in [0.1, 0.15) is 0 Å². The van der Waals surface area contributed by atoms with Crippen LogP contribution in [0.4, 0.5) is 0 Å². The lowest BCUT2D eigenvalue weighted by molar-refractivity contribution is 0.566. The number of rotatable bonds is 2. The zero-order valence-electron chi connectivity index (χ0n) is 12.4. The fraction of sp³-hybridized carbons (Fsp3) is 0.105. The Bertz CT molecular complexity index is 596. The van der Waals surface area contributed by atoms with Crippen molar-refractivity contribution in [3.63, 3.8) is 0 Å². The Hall–Kier alpha value is -2.45. The van der Waals surface area contributed by atoms with Gasteiger partial charge in [-0.1, -0.05) is 48.5 Å². The van der Waals surface area contributed by atoms with Gasteiger partial charge in [-0.15, -0.1) is 0 Å². The maximum Gasteiger partial charge on any atom is 0.360 e. The van der Waals surface area contributed by atoms with Gasteiger partial charge in [0.2, 0.25) is 0 Å². The Morgan fingerprint density at radius 3 is 1.76 bits per heavy atom. The fourth-order valence-electron chi connectivity index (χ4n) is 1.97. The van der Waals surface area contributed by atoms with E-state index in [2.05, 4.69) is 23.5 Å². The molecule has 0 radical (unpaired) electrons. The van der Waals surface area contributed by atoms with Crippen LogP contribution < -0.4 is 5.32 Å². The van der Waals surface area contributed by atoms with Crippen molar-refractivity contribution >= 4 is 0 Å². The molecule has 0 saturated heterocycles. The third kappa shape index (κ3) is 4.26. The molecule has 21 heavy (non-hydrogen) atoms. The predicted octanol–water partition coefficient (Wildman–Crippen LogP) is 4.73. The van der Waals surface area contributed by atoms with Crippen LogP contribution in [-0.2, 0) is 0 Å². The molecule has 0 amide bonds. The topological polar surface area (TPSA) is 23.3 Å². The van der Waals surface area contributed by atoms with Crippen molar-refractivity contribution in [2.75, 3.05) is 14.1 Å². The SMILES string of the molecule is CNC.c1ccc(-c2cc[o+]c(-c3ccccc3)c2)cc1. The van der Waals surface area contributed by atoms with Gasteiger partial charge in [0, 0.05) is 6.07 Å². The molecule has 0 saturated carbocycles. The van der Waals surface area contributed by atoms with Crippen LogP contribution in [0.1, 0.15) is 0 Å². The Morgan fingerprint density at radius 2 is 1.19 bits per heavy atom. The second kappa shape index (κ2) is 7.98. The summed E-state index contributed by atoms with van der Waals surface area (Å²) in [6.45, 7) is 0. The van der Waals surface area contributed by atoms with Gasteiger partial charge in [-0.3, -0.25) is 0 Å². The molecule has 1 aromatic heterocycles. The number of nitrogens with one attached hydrogen (secondary N) is 1. The molecule has 1 N–H and O–H groups in total. The van der Waals surface area contributed by atoms with Crippen LogP contribution in [0.2, 0.25) is 0 Å². The summed E-state index contributed by atoms with van der Waals surface area (Å²) in [5, 5.41) is 2.75. The van der Waals surface area contributed by atoms with Crippen LogP contribution in [0.3, 0.4) is 0 Å². The summed E-state index contributed by atoms with van der Waals surface area (Å²) in [4.78, 5) is 0. The van der Waals surface area contributed by atoms with Crippen molar-refractivity contribution in [2.45, 2.75) is 0 Å². The molecule has 0 atom stereocenters. The molecular weight excluding hydrogens is 258 g/mol. The first kappa shape index (κ1) is 14.9. The molecular formula is C19H20NO+. The molecule has 0 unspecified atom stereocenters. The first-order valence-corrected chi connectivity index (χ1v) is 6.96. The summed E-state index contributed by atoms with van der Waals surface area (Å²) in [6.07, 6.45) is 1.74. The first-order valence-electron chi connectivity index (χ1n) is 6.96. The van der Waals surface area contributed by atoms with Crippen molar-refractivity contribution in [2.24, 2.45) is 0 Å². The van der Waals surface area contributed by atoms with E-state index in [1.807, 2.05) is 68.7 Å². The van der Waals surface area contributed by atoms with Gasteiger partial charge in [-0.05, 0) is 37.4 Å². The van der Waals surface area contributed by atoms with E-state index in [1.54, 1.807) is 6.26 Å². The zero-order chi connectivity index (χ0) is 14.9. The number of benzene rings is 2. The minimum absolute atomic E-state index is 0.886. The van der Waals surface area contributed by atoms with Crippen LogP contribution in [0.15, 0.2) is 83.5 Å². The highest BCUT2D eigenvalue weighted by molar-refractivity contribution is 5.68. The van der Waals surface area contributed by atoms with Crippen LogP contribution >= 0.6 is 0 Å². The van der Waals surface area contributed by atoms with Gasteiger partial charge in [-0.2, -0.15) is 0 Å². The lowest BCUT2D eigenvalue weighted by Gasteiger charge is -1.98. The summed E-state index contributed by atoms with van der Waals surface area (Å²) in [7, 11) is 3.75. The summed E-state index contributed by atoms with van der Waals surface area (Å²) in [5.41, 5.74) is 3.46.